The first-order chi connectivity index (χ1) is 6.52. The van der Waals surface area contributed by atoms with Crippen molar-refractivity contribution in [2.45, 2.75) is 0 Å². The van der Waals surface area contributed by atoms with Gasteiger partial charge >= 0.3 is 0 Å². The Hall–Kier alpha value is -2.31. The molecule has 2 rings (SSSR count). The highest BCUT2D eigenvalue weighted by Gasteiger charge is 2.11. The van der Waals surface area contributed by atoms with E-state index in [0.717, 1.165) is 0 Å². The molecule has 0 spiro atoms. The monoisotopic (exact) mass is 195 g/mol. The number of fused-ring (bicyclic) bond motifs is 1. The first kappa shape index (κ1) is 8.30. The highest BCUT2D eigenvalue weighted by Crippen LogP contribution is 2.21. The van der Waals surface area contributed by atoms with E-state index in [1.165, 1.54) is 12.1 Å². The summed E-state index contributed by atoms with van der Waals surface area (Å²) in [7, 11) is 0. The van der Waals surface area contributed by atoms with Crippen molar-refractivity contribution in [3.63, 3.8) is 0 Å². The summed E-state index contributed by atoms with van der Waals surface area (Å²) >= 11 is 0. The number of hydrogen-bond donors (Lipinski definition) is 5. The molecule has 1 aromatic carbocycles. The predicted octanol–water partition coefficient (Wildman–Crippen LogP) is -0.439. The zero-order valence-electron chi connectivity index (χ0n) is 7.10. The summed E-state index contributed by atoms with van der Waals surface area (Å²) in [4.78, 5) is 0. The lowest BCUT2D eigenvalue weighted by Crippen LogP contribution is -2.21. The molecular formula is C7H9N5O2. The molecule has 0 amide bonds. The van der Waals surface area contributed by atoms with Crippen LogP contribution in [0, 0.1) is 5.41 Å². The summed E-state index contributed by atoms with van der Waals surface area (Å²) in [5.41, 5.74) is 11.6. The van der Waals surface area contributed by atoms with Crippen LogP contribution in [0.3, 0.4) is 0 Å². The average molecular weight is 195 g/mol. The molecule has 0 aliphatic heterocycles. The molecule has 74 valence electrons. The van der Waals surface area contributed by atoms with Gasteiger partial charge in [-0.2, -0.15) is 0 Å². The van der Waals surface area contributed by atoms with E-state index in [2.05, 4.69) is 0 Å². The second-order valence-corrected chi connectivity index (χ2v) is 2.92. The van der Waals surface area contributed by atoms with Crippen LogP contribution in [0.4, 0.5) is 11.4 Å². The molecule has 0 saturated carbocycles. The maximum absolute atomic E-state index is 9.35. The lowest BCUT2D eigenvalue weighted by Gasteiger charge is -1.99. The van der Waals surface area contributed by atoms with Crippen LogP contribution in [-0.4, -0.2) is 19.9 Å². The summed E-state index contributed by atoms with van der Waals surface area (Å²) in [5, 5.41) is 26.0. The minimum atomic E-state index is -0.468. The number of nitrogen functional groups attached to an aromatic ring is 2. The van der Waals surface area contributed by atoms with E-state index in [1.54, 1.807) is 0 Å². The van der Waals surface area contributed by atoms with Gasteiger partial charge < -0.3 is 21.9 Å². The molecule has 7 heteroatoms. The lowest BCUT2D eigenvalue weighted by molar-refractivity contribution is 0.130. The standard InChI is InChI=1S/C7H9N5O2/c8-3-1-5-6(2-4(3)9)12(14)7(10)11(5)13/h1-2,10,13-14H,8-9H2. The molecule has 0 fully saturated rings. The molecular weight excluding hydrogens is 186 g/mol. The minimum absolute atomic E-state index is 0.226. The second kappa shape index (κ2) is 2.34. The Labute approximate surface area is 77.8 Å². The van der Waals surface area contributed by atoms with E-state index in [4.69, 9.17) is 16.9 Å². The lowest BCUT2D eigenvalue weighted by atomic mass is 10.2. The van der Waals surface area contributed by atoms with Gasteiger partial charge in [-0.25, -0.2) is 0 Å². The quantitative estimate of drug-likeness (QED) is 0.288. The molecule has 14 heavy (non-hydrogen) atoms. The Morgan fingerprint density at radius 3 is 1.71 bits per heavy atom. The maximum atomic E-state index is 9.35. The third-order valence-electron chi connectivity index (χ3n) is 2.04. The van der Waals surface area contributed by atoms with Gasteiger partial charge in [-0.15, -0.1) is 9.46 Å². The minimum Gasteiger partial charge on any atom is -0.425 e. The average Bonchev–Trinajstić information content (AvgIpc) is 2.34. The molecule has 0 aliphatic rings. The molecule has 0 bridgehead atoms. The van der Waals surface area contributed by atoms with Crippen molar-refractivity contribution in [3.8, 4) is 0 Å². The van der Waals surface area contributed by atoms with Crippen molar-refractivity contribution < 1.29 is 10.4 Å². The van der Waals surface area contributed by atoms with E-state index in [1.807, 2.05) is 0 Å². The second-order valence-electron chi connectivity index (χ2n) is 2.92. The largest absolute Gasteiger partial charge is 0.425 e. The van der Waals surface area contributed by atoms with Gasteiger partial charge in [0.2, 0.25) is 0 Å². The Kier molecular flexibility index (Phi) is 1.39. The fraction of sp³-hybridized carbons (Fsp3) is 0. The number of nitrogens with zero attached hydrogens (tertiary/aromatic N) is 2. The molecule has 2 aromatic rings. The Morgan fingerprint density at radius 1 is 1.00 bits per heavy atom. The smallest absolute Gasteiger partial charge is 0.270 e. The molecule has 0 atom stereocenters. The Bertz CT molecular complexity index is 519. The molecule has 0 unspecified atom stereocenters. The number of nitrogens with two attached hydrogens (primary N) is 2. The number of hydrogen-bond acceptors (Lipinski definition) is 5. The predicted molar refractivity (Wildman–Crippen MR) is 49.0 cm³/mol. The van der Waals surface area contributed by atoms with Gasteiger partial charge in [0.15, 0.2) is 0 Å². The van der Waals surface area contributed by atoms with E-state index in [9.17, 15) is 10.4 Å². The van der Waals surface area contributed by atoms with E-state index in [-0.39, 0.29) is 22.4 Å². The number of aromatic nitrogens is 2. The van der Waals surface area contributed by atoms with Crippen molar-refractivity contribution >= 4 is 22.4 Å². The zero-order valence-corrected chi connectivity index (χ0v) is 7.10. The van der Waals surface area contributed by atoms with Crippen molar-refractivity contribution in [3.05, 3.63) is 17.8 Å². The maximum Gasteiger partial charge on any atom is 0.270 e. The van der Waals surface area contributed by atoms with Crippen molar-refractivity contribution in [1.82, 2.24) is 9.46 Å². The number of imidazole rings is 1. The van der Waals surface area contributed by atoms with Crippen LogP contribution in [0.25, 0.3) is 11.0 Å². The normalized spacial score (nSPS) is 10.9. The fourth-order valence-electron chi connectivity index (χ4n) is 1.27. The third-order valence-corrected chi connectivity index (χ3v) is 2.04. The first-order valence-corrected chi connectivity index (χ1v) is 3.78. The zero-order chi connectivity index (χ0) is 10.5. The molecule has 7 nitrogen and oxygen atoms in total. The van der Waals surface area contributed by atoms with Crippen LogP contribution < -0.4 is 17.1 Å². The van der Waals surface area contributed by atoms with Gasteiger partial charge in [0, 0.05) is 0 Å². The molecule has 0 aliphatic carbocycles. The summed E-state index contributed by atoms with van der Waals surface area (Å²) in [6.45, 7) is 0. The van der Waals surface area contributed by atoms with Gasteiger partial charge in [-0.05, 0) is 12.1 Å². The Morgan fingerprint density at radius 2 is 1.36 bits per heavy atom. The van der Waals surface area contributed by atoms with Gasteiger partial charge in [-0.3, -0.25) is 5.41 Å². The van der Waals surface area contributed by atoms with E-state index in [0.29, 0.717) is 9.46 Å². The summed E-state index contributed by atoms with van der Waals surface area (Å²) in [6.07, 6.45) is 0. The molecule has 1 heterocycles. The molecule has 0 saturated heterocycles. The molecule has 0 radical (unpaired) electrons. The molecule has 1 aromatic heterocycles. The van der Waals surface area contributed by atoms with Crippen LogP contribution in [0.1, 0.15) is 0 Å². The third kappa shape index (κ3) is 0.830. The van der Waals surface area contributed by atoms with Crippen LogP contribution >= 0.6 is 0 Å². The highest BCUT2D eigenvalue weighted by atomic mass is 16.5. The van der Waals surface area contributed by atoms with E-state index >= 15 is 0 Å². The van der Waals surface area contributed by atoms with Crippen molar-refractivity contribution in [1.29, 1.82) is 5.41 Å². The number of nitrogens with one attached hydrogen (secondary N) is 1. The summed E-state index contributed by atoms with van der Waals surface area (Å²) in [5.74, 6) is 0. The fourth-order valence-corrected chi connectivity index (χ4v) is 1.27. The van der Waals surface area contributed by atoms with Crippen LogP contribution in [0.15, 0.2) is 12.1 Å². The summed E-state index contributed by atoms with van der Waals surface area (Å²) in [6, 6.07) is 2.77. The first-order valence-electron chi connectivity index (χ1n) is 3.78. The highest BCUT2D eigenvalue weighted by molar-refractivity contribution is 5.86. The summed E-state index contributed by atoms with van der Waals surface area (Å²) < 4.78 is 1.04. The van der Waals surface area contributed by atoms with Gasteiger partial charge in [0.1, 0.15) is 11.0 Å². The number of rotatable bonds is 0. The van der Waals surface area contributed by atoms with Gasteiger partial charge in [-0.1, -0.05) is 0 Å². The SMILES string of the molecule is N=c1n(O)c2cc(N)c(N)cc2n1O. The number of benzene rings is 1. The van der Waals surface area contributed by atoms with Gasteiger partial charge in [0.05, 0.1) is 11.4 Å². The van der Waals surface area contributed by atoms with Crippen molar-refractivity contribution in [2.24, 2.45) is 0 Å². The van der Waals surface area contributed by atoms with E-state index < -0.39 is 5.62 Å². The van der Waals surface area contributed by atoms with Crippen LogP contribution in [-0.2, 0) is 0 Å². The van der Waals surface area contributed by atoms with Crippen molar-refractivity contribution in [2.75, 3.05) is 11.5 Å². The topological polar surface area (TPSA) is 126 Å². The number of anilines is 2. The van der Waals surface area contributed by atoms with Crippen LogP contribution in [0.5, 0.6) is 0 Å². The van der Waals surface area contributed by atoms with Gasteiger partial charge in [0.25, 0.3) is 5.62 Å². The van der Waals surface area contributed by atoms with Crippen LogP contribution in [0.2, 0.25) is 0 Å². The Balaban J connectivity index is 3.04. The molecule has 7 N–H and O–H groups in total.